The molecule has 0 saturated heterocycles. The van der Waals surface area contributed by atoms with Gasteiger partial charge in [-0.05, 0) is 18.3 Å². The largest absolute Gasteiger partial charge is 0.493 e. The fourth-order valence-electron chi connectivity index (χ4n) is 3.43. The Bertz CT molecular complexity index is 884. The quantitative estimate of drug-likeness (QED) is 0.697. The van der Waals surface area contributed by atoms with E-state index in [1.807, 2.05) is 31.3 Å². The molecule has 0 fully saturated rings. The van der Waals surface area contributed by atoms with Crippen LogP contribution in [0.4, 0.5) is 0 Å². The number of aromatic nitrogens is 2. The molecule has 0 bridgehead atoms. The summed E-state index contributed by atoms with van der Waals surface area (Å²) in [6.45, 7) is 1.09. The molecule has 1 aromatic carbocycles. The molecule has 0 aliphatic carbocycles. The van der Waals surface area contributed by atoms with Crippen molar-refractivity contribution in [1.82, 2.24) is 9.13 Å². The Kier molecular flexibility index (Phi) is 2.91. The monoisotopic (exact) mass is 316 g/mol. The topological polar surface area (TPSA) is 45.4 Å². The van der Waals surface area contributed by atoms with Crippen molar-refractivity contribution in [3.8, 4) is 11.6 Å². The van der Waals surface area contributed by atoms with Crippen LogP contribution in [0.2, 0.25) is 0 Å². The van der Waals surface area contributed by atoms with Gasteiger partial charge in [0.05, 0.1) is 18.8 Å². The molecule has 0 N–H and O–H groups in total. The third-order valence-electron chi connectivity index (χ3n) is 4.57. The predicted molar refractivity (Wildman–Crippen MR) is 84.3 cm³/mol. The lowest BCUT2D eigenvalue weighted by Gasteiger charge is -2.38. The van der Waals surface area contributed by atoms with Crippen molar-refractivity contribution >= 4 is 12.2 Å². The summed E-state index contributed by atoms with van der Waals surface area (Å²) in [5, 5.41) is 0. The van der Waals surface area contributed by atoms with E-state index in [9.17, 15) is 4.79 Å². The molecule has 6 heteroatoms. The highest BCUT2D eigenvalue weighted by molar-refractivity contribution is 7.71. The Labute approximate surface area is 132 Å². The Hall–Kier alpha value is -2.08. The molecule has 0 spiro atoms. The molecule has 2 aliphatic heterocycles. The molecule has 4 rings (SSSR count). The van der Waals surface area contributed by atoms with Crippen molar-refractivity contribution in [3.63, 3.8) is 0 Å². The lowest BCUT2D eigenvalue weighted by molar-refractivity contribution is 0.116. The minimum Gasteiger partial charge on any atom is -0.493 e. The Balaban J connectivity index is 2.05. The highest BCUT2D eigenvalue weighted by Crippen LogP contribution is 2.45. The van der Waals surface area contributed by atoms with E-state index in [-0.39, 0.29) is 17.4 Å². The fourth-order valence-corrected chi connectivity index (χ4v) is 3.60. The lowest BCUT2D eigenvalue weighted by Crippen LogP contribution is -2.41. The summed E-state index contributed by atoms with van der Waals surface area (Å²) in [5.41, 5.74) is 1.66. The van der Waals surface area contributed by atoms with Crippen LogP contribution in [0.3, 0.4) is 0 Å². The number of ether oxygens (including phenoxy) is 2. The zero-order chi connectivity index (χ0) is 15.4. The molecule has 0 radical (unpaired) electrons. The van der Waals surface area contributed by atoms with Crippen LogP contribution in [-0.2, 0) is 14.1 Å². The summed E-state index contributed by atoms with van der Waals surface area (Å²) in [6.07, 6.45) is 0. The SMILES string of the molecule is Cn1c2c(c(=O)n(C)c1=S)[C@@H]1c3ccccc3OC[C@H]1CO2. The first-order chi connectivity index (χ1) is 10.6. The van der Waals surface area contributed by atoms with E-state index in [1.165, 1.54) is 4.57 Å². The van der Waals surface area contributed by atoms with Crippen LogP contribution in [0.5, 0.6) is 11.6 Å². The van der Waals surface area contributed by atoms with Crippen molar-refractivity contribution in [2.24, 2.45) is 20.0 Å². The molecular weight excluding hydrogens is 300 g/mol. The maximum atomic E-state index is 12.8. The van der Waals surface area contributed by atoms with Crippen LogP contribution in [0.25, 0.3) is 0 Å². The van der Waals surface area contributed by atoms with Crippen LogP contribution in [0.1, 0.15) is 17.0 Å². The van der Waals surface area contributed by atoms with Gasteiger partial charge in [0.1, 0.15) is 5.75 Å². The van der Waals surface area contributed by atoms with Gasteiger partial charge >= 0.3 is 0 Å². The number of fused-ring (bicyclic) bond motifs is 5. The molecule has 22 heavy (non-hydrogen) atoms. The van der Waals surface area contributed by atoms with Gasteiger partial charge in [0, 0.05) is 31.5 Å². The van der Waals surface area contributed by atoms with E-state index in [0.717, 1.165) is 11.3 Å². The molecule has 3 heterocycles. The van der Waals surface area contributed by atoms with E-state index in [1.54, 1.807) is 11.6 Å². The van der Waals surface area contributed by atoms with Crippen LogP contribution in [0, 0.1) is 10.7 Å². The molecule has 0 amide bonds. The second kappa shape index (κ2) is 4.71. The van der Waals surface area contributed by atoms with Crippen LogP contribution in [0.15, 0.2) is 29.1 Å². The molecule has 2 aromatic rings. The van der Waals surface area contributed by atoms with Gasteiger partial charge in [-0.25, -0.2) is 0 Å². The maximum absolute atomic E-state index is 12.8. The first-order valence-corrected chi connectivity index (χ1v) is 7.65. The number of hydrogen-bond donors (Lipinski definition) is 0. The summed E-state index contributed by atoms with van der Waals surface area (Å²) >= 11 is 5.31. The average Bonchev–Trinajstić information content (AvgIpc) is 2.56. The highest BCUT2D eigenvalue weighted by atomic mass is 32.1. The Morgan fingerprint density at radius 3 is 2.68 bits per heavy atom. The first-order valence-electron chi connectivity index (χ1n) is 7.24. The molecule has 5 nitrogen and oxygen atoms in total. The number of rotatable bonds is 0. The molecule has 2 aliphatic rings. The minimum atomic E-state index is -0.0792. The van der Waals surface area contributed by atoms with Gasteiger partial charge in [0.15, 0.2) is 4.77 Å². The van der Waals surface area contributed by atoms with Gasteiger partial charge in [0.25, 0.3) is 5.56 Å². The highest BCUT2D eigenvalue weighted by Gasteiger charge is 2.40. The van der Waals surface area contributed by atoms with Crippen molar-refractivity contribution in [3.05, 3.63) is 50.5 Å². The number of para-hydroxylation sites is 1. The van der Waals surface area contributed by atoms with Gasteiger partial charge in [0.2, 0.25) is 5.88 Å². The third kappa shape index (κ3) is 1.70. The summed E-state index contributed by atoms with van der Waals surface area (Å²) in [6, 6.07) is 7.91. The van der Waals surface area contributed by atoms with Crippen molar-refractivity contribution in [2.75, 3.05) is 13.2 Å². The molecule has 0 unspecified atom stereocenters. The number of nitrogens with zero attached hydrogens (tertiary/aromatic N) is 2. The van der Waals surface area contributed by atoms with E-state index in [4.69, 9.17) is 21.7 Å². The summed E-state index contributed by atoms with van der Waals surface area (Å²) < 4.78 is 15.4. The van der Waals surface area contributed by atoms with E-state index < -0.39 is 0 Å². The zero-order valence-electron chi connectivity index (χ0n) is 12.4. The van der Waals surface area contributed by atoms with Crippen molar-refractivity contribution < 1.29 is 9.47 Å². The standard InChI is InChI=1S/C16H16N2O3S/c1-17-14(19)13-12-9(8-21-15(13)18(2)16(17)22)7-20-11-6-4-3-5-10(11)12/h3-6,9,12H,7-8H2,1-2H3/t9-,12-/m0/s1. The van der Waals surface area contributed by atoms with Gasteiger partial charge < -0.3 is 9.47 Å². The summed E-state index contributed by atoms with van der Waals surface area (Å²) in [4.78, 5) is 12.8. The summed E-state index contributed by atoms with van der Waals surface area (Å²) in [7, 11) is 3.55. The molecule has 1 aromatic heterocycles. The molecule has 114 valence electrons. The van der Waals surface area contributed by atoms with Gasteiger partial charge in [-0.3, -0.25) is 13.9 Å². The second-order valence-corrected chi connectivity index (χ2v) is 6.19. The van der Waals surface area contributed by atoms with E-state index in [2.05, 4.69) is 0 Å². The van der Waals surface area contributed by atoms with Gasteiger partial charge in [-0.2, -0.15) is 0 Å². The van der Waals surface area contributed by atoms with Crippen LogP contribution >= 0.6 is 12.2 Å². The lowest BCUT2D eigenvalue weighted by atomic mass is 9.79. The second-order valence-electron chi connectivity index (χ2n) is 5.82. The van der Waals surface area contributed by atoms with Crippen molar-refractivity contribution in [1.29, 1.82) is 0 Å². The fraction of sp³-hybridized carbons (Fsp3) is 0.375. The normalized spacial score (nSPS) is 21.9. The summed E-state index contributed by atoms with van der Waals surface area (Å²) in [5.74, 6) is 1.58. The number of hydrogen-bond acceptors (Lipinski definition) is 4. The maximum Gasteiger partial charge on any atom is 0.261 e. The Morgan fingerprint density at radius 2 is 1.86 bits per heavy atom. The third-order valence-corrected chi connectivity index (χ3v) is 5.12. The van der Waals surface area contributed by atoms with E-state index >= 15 is 0 Å². The predicted octanol–water partition coefficient (Wildman–Crippen LogP) is 1.99. The number of benzene rings is 1. The Morgan fingerprint density at radius 1 is 1.14 bits per heavy atom. The van der Waals surface area contributed by atoms with Crippen LogP contribution in [-0.4, -0.2) is 22.3 Å². The van der Waals surface area contributed by atoms with Crippen molar-refractivity contribution in [2.45, 2.75) is 5.92 Å². The molecular formula is C16H16N2O3S. The molecule has 2 atom stereocenters. The van der Waals surface area contributed by atoms with Crippen LogP contribution < -0.4 is 15.0 Å². The van der Waals surface area contributed by atoms with Gasteiger partial charge in [-0.15, -0.1) is 0 Å². The smallest absolute Gasteiger partial charge is 0.261 e. The minimum absolute atomic E-state index is 0.00537. The van der Waals surface area contributed by atoms with Gasteiger partial charge in [-0.1, -0.05) is 18.2 Å². The van der Waals surface area contributed by atoms with E-state index in [0.29, 0.717) is 29.4 Å². The first kappa shape index (κ1) is 13.6. The molecule has 0 saturated carbocycles. The average molecular weight is 316 g/mol. The zero-order valence-corrected chi connectivity index (χ0v) is 13.2.